The van der Waals surface area contributed by atoms with Gasteiger partial charge in [-0.05, 0) is 0 Å². The molecule has 0 aromatic heterocycles. The van der Waals surface area contributed by atoms with Crippen molar-refractivity contribution < 1.29 is 31.4 Å². The van der Waals surface area contributed by atoms with Crippen molar-refractivity contribution in [1.29, 1.82) is 0 Å². The van der Waals surface area contributed by atoms with Gasteiger partial charge in [-0.3, -0.25) is 0 Å². The van der Waals surface area contributed by atoms with Crippen molar-refractivity contribution in [2.24, 2.45) is 0 Å². The highest BCUT2D eigenvalue weighted by molar-refractivity contribution is 7.80. The Bertz CT molecular complexity index is 183. The first-order valence-corrected chi connectivity index (χ1v) is 3.84. The lowest BCUT2D eigenvalue weighted by Crippen LogP contribution is -2.44. The van der Waals surface area contributed by atoms with Gasteiger partial charge in [-0.25, -0.2) is 4.21 Å². The van der Waals surface area contributed by atoms with Crippen LogP contribution < -0.4 is 0 Å². The second-order valence-electron chi connectivity index (χ2n) is 1.94. The molecular formula is C4H6F4O3S. The van der Waals surface area contributed by atoms with E-state index in [1.54, 1.807) is 0 Å². The van der Waals surface area contributed by atoms with Gasteiger partial charge in [0, 0.05) is 13.0 Å². The predicted molar refractivity (Wildman–Crippen MR) is 32.4 cm³/mol. The Labute approximate surface area is 67.7 Å². The Kier molecular flexibility index (Phi) is 3.60. The fraction of sp³-hybridized carbons (Fsp3) is 1.00. The number of hydrogen-bond donors (Lipinski definition) is 2. The Morgan fingerprint density at radius 2 is 1.67 bits per heavy atom. The Balaban J connectivity index is 4.62. The molecule has 2 N–H and O–H groups in total. The van der Waals surface area contributed by atoms with E-state index in [9.17, 15) is 21.8 Å². The van der Waals surface area contributed by atoms with Gasteiger partial charge in [0.1, 0.15) is 0 Å². The van der Waals surface area contributed by atoms with E-state index < -0.39 is 35.3 Å². The number of hydrogen-bond acceptors (Lipinski definition) is 2. The van der Waals surface area contributed by atoms with E-state index >= 15 is 0 Å². The quantitative estimate of drug-likeness (QED) is 0.533. The lowest BCUT2D eigenvalue weighted by atomic mass is 10.2. The van der Waals surface area contributed by atoms with Crippen molar-refractivity contribution in [3.8, 4) is 0 Å². The molecule has 0 bridgehead atoms. The van der Waals surface area contributed by atoms with Crippen molar-refractivity contribution in [3.05, 3.63) is 0 Å². The molecule has 0 aliphatic carbocycles. The van der Waals surface area contributed by atoms with Crippen LogP contribution in [0.2, 0.25) is 0 Å². The second-order valence-corrected chi connectivity index (χ2v) is 2.96. The van der Waals surface area contributed by atoms with E-state index in [0.29, 0.717) is 0 Å². The molecule has 0 aromatic carbocycles. The number of aliphatic hydroxyl groups is 1. The summed E-state index contributed by atoms with van der Waals surface area (Å²) in [6.07, 6.45) is -1.55. The van der Waals surface area contributed by atoms with Gasteiger partial charge in [0.15, 0.2) is 0 Å². The summed E-state index contributed by atoms with van der Waals surface area (Å²) in [6.45, 7) is -1.18. The molecule has 0 rings (SSSR count). The van der Waals surface area contributed by atoms with E-state index in [1.165, 1.54) is 0 Å². The standard InChI is InChI=1S/C4H6F4O3S/c5-3(6,1-2-9)4(7,8)12(10)11/h9H,1-2H2,(H,10,11). The molecular weight excluding hydrogens is 204 g/mol. The molecule has 0 saturated carbocycles. The fourth-order valence-electron chi connectivity index (χ4n) is 0.414. The van der Waals surface area contributed by atoms with E-state index in [0.717, 1.165) is 0 Å². The van der Waals surface area contributed by atoms with Gasteiger partial charge in [0.05, 0.1) is 0 Å². The number of rotatable bonds is 4. The maximum Gasteiger partial charge on any atom is 0.406 e. The molecule has 3 nitrogen and oxygen atoms in total. The second kappa shape index (κ2) is 3.67. The first-order chi connectivity index (χ1) is 5.25. The van der Waals surface area contributed by atoms with Crippen LogP contribution >= 0.6 is 0 Å². The number of alkyl halides is 4. The summed E-state index contributed by atoms with van der Waals surface area (Å²) in [7, 11) is 0. The molecule has 0 aliphatic heterocycles. The molecule has 0 saturated heterocycles. The Morgan fingerprint density at radius 3 is 1.92 bits per heavy atom. The minimum Gasteiger partial charge on any atom is -0.396 e. The third-order valence-corrected chi connectivity index (χ3v) is 1.81. The zero-order valence-corrected chi connectivity index (χ0v) is 6.45. The van der Waals surface area contributed by atoms with Crippen LogP contribution in [0.15, 0.2) is 0 Å². The lowest BCUT2D eigenvalue weighted by molar-refractivity contribution is -0.165. The molecule has 1 atom stereocenters. The van der Waals surface area contributed by atoms with Gasteiger partial charge in [-0.2, -0.15) is 17.6 Å². The van der Waals surface area contributed by atoms with Crippen LogP contribution in [0.5, 0.6) is 0 Å². The molecule has 0 aromatic rings. The molecule has 74 valence electrons. The molecule has 1 unspecified atom stereocenters. The summed E-state index contributed by atoms with van der Waals surface area (Å²) in [5.74, 6) is -4.67. The topological polar surface area (TPSA) is 57.5 Å². The van der Waals surface area contributed by atoms with Crippen LogP contribution in [0.3, 0.4) is 0 Å². The largest absolute Gasteiger partial charge is 0.406 e. The van der Waals surface area contributed by atoms with E-state index in [2.05, 4.69) is 0 Å². The van der Waals surface area contributed by atoms with E-state index in [4.69, 9.17) is 9.66 Å². The highest BCUT2D eigenvalue weighted by Gasteiger charge is 2.60. The van der Waals surface area contributed by atoms with Crippen LogP contribution in [0.4, 0.5) is 17.6 Å². The summed E-state index contributed by atoms with van der Waals surface area (Å²) in [5.41, 5.74) is 0. The zero-order chi connectivity index (χ0) is 9.99. The highest BCUT2D eigenvalue weighted by atomic mass is 32.2. The van der Waals surface area contributed by atoms with Gasteiger partial charge < -0.3 is 9.66 Å². The third-order valence-electron chi connectivity index (χ3n) is 1.07. The molecule has 0 radical (unpaired) electrons. The number of aliphatic hydroxyl groups excluding tert-OH is 1. The van der Waals surface area contributed by atoms with Crippen molar-refractivity contribution in [3.63, 3.8) is 0 Å². The van der Waals surface area contributed by atoms with E-state index in [-0.39, 0.29) is 0 Å². The molecule has 0 heterocycles. The highest BCUT2D eigenvalue weighted by Crippen LogP contribution is 2.38. The lowest BCUT2D eigenvalue weighted by Gasteiger charge is -2.22. The average Bonchev–Trinajstić information content (AvgIpc) is 1.86. The third kappa shape index (κ3) is 2.14. The van der Waals surface area contributed by atoms with E-state index in [1.807, 2.05) is 0 Å². The average molecular weight is 210 g/mol. The van der Waals surface area contributed by atoms with Gasteiger partial charge >= 0.3 is 11.2 Å². The van der Waals surface area contributed by atoms with Gasteiger partial charge in [0.2, 0.25) is 11.1 Å². The maximum atomic E-state index is 12.2. The zero-order valence-electron chi connectivity index (χ0n) is 5.64. The molecule has 0 spiro atoms. The smallest absolute Gasteiger partial charge is 0.396 e. The summed E-state index contributed by atoms with van der Waals surface area (Å²) >= 11 is -3.94. The van der Waals surface area contributed by atoms with Crippen LogP contribution in [-0.4, -0.2) is 31.7 Å². The Morgan fingerprint density at radius 1 is 1.25 bits per heavy atom. The van der Waals surface area contributed by atoms with Crippen LogP contribution in [0, 0.1) is 0 Å². The first-order valence-electron chi connectivity index (χ1n) is 2.73. The van der Waals surface area contributed by atoms with Gasteiger partial charge in [0.25, 0.3) is 0 Å². The molecule has 0 fully saturated rings. The molecule has 0 amide bonds. The van der Waals surface area contributed by atoms with Crippen LogP contribution in [-0.2, 0) is 11.1 Å². The monoisotopic (exact) mass is 210 g/mol. The normalized spacial score (nSPS) is 16.2. The summed E-state index contributed by atoms with van der Waals surface area (Å²) in [5, 5.41) is 2.93. The summed E-state index contributed by atoms with van der Waals surface area (Å²) in [6, 6.07) is 0. The maximum absolute atomic E-state index is 12.2. The number of halogens is 4. The van der Waals surface area contributed by atoms with Crippen molar-refractivity contribution in [2.75, 3.05) is 6.61 Å². The minimum absolute atomic E-state index is 1.18. The molecule has 8 heteroatoms. The van der Waals surface area contributed by atoms with Crippen LogP contribution in [0.25, 0.3) is 0 Å². The fourth-order valence-corrected chi connectivity index (χ4v) is 0.771. The minimum atomic E-state index is -5.02. The van der Waals surface area contributed by atoms with Gasteiger partial charge in [-0.1, -0.05) is 0 Å². The van der Waals surface area contributed by atoms with Crippen molar-refractivity contribution in [1.82, 2.24) is 0 Å². The SMILES string of the molecule is O=S(O)C(F)(F)C(F)(F)CCO. The van der Waals surface area contributed by atoms with Gasteiger partial charge in [-0.15, -0.1) is 0 Å². The van der Waals surface area contributed by atoms with Crippen molar-refractivity contribution in [2.45, 2.75) is 17.6 Å². The van der Waals surface area contributed by atoms with Crippen molar-refractivity contribution >= 4 is 11.1 Å². The molecule has 0 aliphatic rings. The Hall–Kier alpha value is -0.210. The summed E-state index contributed by atoms with van der Waals surface area (Å²) in [4.78, 5) is 0. The predicted octanol–water partition coefficient (Wildman–Crippen LogP) is 0.819. The molecule has 12 heavy (non-hydrogen) atoms. The summed E-state index contributed by atoms with van der Waals surface area (Å²) < 4.78 is 66.1. The first kappa shape index (κ1) is 11.8. The van der Waals surface area contributed by atoms with Crippen LogP contribution in [0.1, 0.15) is 6.42 Å².